The molecule has 0 unspecified atom stereocenters. The standard InChI is InChI=1S/C12H4Br2ClN3O3/c13-7-1-2-9(8(14)3-7)21-11-6(4-16)5-17-12(15)10(11)18(19)20/h1-3,5H. The van der Waals surface area contributed by atoms with Gasteiger partial charge in [-0.1, -0.05) is 27.5 Å². The van der Waals surface area contributed by atoms with E-state index >= 15 is 0 Å². The normalized spacial score (nSPS) is 10.0. The Bertz CT molecular complexity index is 777. The van der Waals surface area contributed by atoms with Crippen LogP contribution in [0.2, 0.25) is 5.15 Å². The van der Waals surface area contributed by atoms with E-state index in [4.69, 9.17) is 21.6 Å². The highest BCUT2D eigenvalue weighted by atomic mass is 79.9. The Labute approximate surface area is 140 Å². The summed E-state index contributed by atoms with van der Waals surface area (Å²) in [5.74, 6) is 0.0607. The predicted octanol–water partition coefficient (Wildman–Crippen LogP) is 4.83. The van der Waals surface area contributed by atoms with Gasteiger partial charge in [-0.3, -0.25) is 10.1 Å². The molecule has 0 spiro atoms. The van der Waals surface area contributed by atoms with E-state index in [1.165, 1.54) is 0 Å². The van der Waals surface area contributed by atoms with Gasteiger partial charge in [0.05, 0.1) is 15.6 Å². The van der Waals surface area contributed by atoms with E-state index < -0.39 is 10.6 Å². The van der Waals surface area contributed by atoms with Crippen molar-refractivity contribution >= 4 is 49.1 Å². The Kier molecular flexibility index (Phi) is 4.77. The molecule has 2 aromatic rings. The van der Waals surface area contributed by atoms with Gasteiger partial charge < -0.3 is 4.74 Å². The maximum Gasteiger partial charge on any atom is 0.349 e. The number of nitrogens with zero attached hydrogens (tertiary/aromatic N) is 3. The molecule has 6 nitrogen and oxygen atoms in total. The number of ether oxygens (including phenoxy) is 1. The van der Waals surface area contributed by atoms with Gasteiger partial charge in [0.25, 0.3) is 0 Å². The molecular formula is C12H4Br2ClN3O3. The molecule has 0 bridgehead atoms. The lowest BCUT2D eigenvalue weighted by Gasteiger charge is -2.10. The van der Waals surface area contributed by atoms with Gasteiger partial charge in [0.1, 0.15) is 17.4 Å². The summed E-state index contributed by atoms with van der Waals surface area (Å²) in [6, 6.07) is 6.78. The van der Waals surface area contributed by atoms with E-state index in [0.717, 1.165) is 10.7 Å². The average Bonchev–Trinajstić information content (AvgIpc) is 2.41. The third-order valence-electron chi connectivity index (χ3n) is 2.37. The first kappa shape index (κ1) is 15.7. The van der Waals surface area contributed by atoms with Crippen LogP contribution in [0.15, 0.2) is 33.3 Å². The minimum absolute atomic E-state index is 0.0825. The Hall–Kier alpha value is -1.69. The first-order valence-electron chi connectivity index (χ1n) is 5.30. The van der Waals surface area contributed by atoms with Crippen molar-refractivity contribution in [2.75, 3.05) is 0 Å². The first-order valence-corrected chi connectivity index (χ1v) is 7.26. The van der Waals surface area contributed by atoms with E-state index in [1.807, 2.05) is 0 Å². The fraction of sp³-hybridized carbons (Fsp3) is 0. The molecule has 0 saturated carbocycles. The van der Waals surface area contributed by atoms with Crippen LogP contribution in [-0.4, -0.2) is 9.91 Å². The zero-order valence-electron chi connectivity index (χ0n) is 10.0. The molecule has 0 aliphatic carbocycles. The van der Waals surface area contributed by atoms with Gasteiger partial charge in [-0.15, -0.1) is 0 Å². The number of rotatable bonds is 3. The van der Waals surface area contributed by atoms with Crippen molar-refractivity contribution in [1.29, 1.82) is 5.26 Å². The minimum Gasteiger partial charge on any atom is -0.447 e. The number of hydrogen-bond acceptors (Lipinski definition) is 5. The molecule has 0 atom stereocenters. The first-order chi connectivity index (χ1) is 9.93. The second-order valence-electron chi connectivity index (χ2n) is 3.69. The highest BCUT2D eigenvalue weighted by Gasteiger charge is 2.26. The number of aromatic nitrogens is 1. The minimum atomic E-state index is -0.738. The smallest absolute Gasteiger partial charge is 0.349 e. The van der Waals surface area contributed by atoms with Crippen molar-refractivity contribution in [3.05, 3.63) is 54.2 Å². The van der Waals surface area contributed by atoms with Crippen molar-refractivity contribution in [1.82, 2.24) is 4.98 Å². The Morgan fingerprint density at radius 3 is 2.71 bits per heavy atom. The van der Waals surface area contributed by atoms with E-state index in [-0.39, 0.29) is 16.5 Å². The van der Waals surface area contributed by atoms with Crippen molar-refractivity contribution < 1.29 is 9.66 Å². The summed E-state index contributed by atoms with van der Waals surface area (Å²) in [7, 11) is 0. The molecule has 0 fully saturated rings. The zero-order chi connectivity index (χ0) is 15.6. The summed E-state index contributed by atoms with van der Waals surface area (Å²) in [4.78, 5) is 14.0. The topological polar surface area (TPSA) is 89.0 Å². The fourth-order valence-corrected chi connectivity index (χ4v) is 2.80. The van der Waals surface area contributed by atoms with Gasteiger partial charge in [0, 0.05) is 4.47 Å². The Morgan fingerprint density at radius 2 is 2.14 bits per heavy atom. The van der Waals surface area contributed by atoms with Crippen LogP contribution >= 0.6 is 43.5 Å². The van der Waals surface area contributed by atoms with Crippen molar-refractivity contribution in [2.45, 2.75) is 0 Å². The largest absolute Gasteiger partial charge is 0.447 e. The maximum absolute atomic E-state index is 11.1. The van der Waals surface area contributed by atoms with Crippen LogP contribution in [-0.2, 0) is 0 Å². The highest BCUT2D eigenvalue weighted by Crippen LogP contribution is 2.40. The molecular weight excluding hydrogens is 429 g/mol. The van der Waals surface area contributed by atoms with E-state index in [9.17, 15) is 10.1 Å². The Balaban J connectivity index is 2.60. The lowest BCUT2D eigenvalue weighted by Crippen LogP contribution is -1.99. The SMILES string of the molecule is N#Cc1cnc(Cl)c([N+](=O)[O-])c1Oc1ccc(Br)cc1Br. The van der Waals surface area contributed by atoms with Crippen LogP contribution in [0.25, 0.3) is 0 Å². The molecule has 1 heterocycles. The van der Waals surface area contributed by atoms with Crippen LogP contribution < -0.4 is 4.74 Å². The van der Waals surface area contributed by atoms with Crippen molar-refractivity contribution in [3.8, 4) is 17.6 Å². The van der Waals surface area contributed by atoms with Crippen LogP contribution in [0.1, 0.15) is 5.56 Å². The van der Waals surface area contributed by atoms with Crippen LogP contribution in [0, 0.1) is 21.4 Å². The number of nitro groups is 1. The van der Waals surface area contributed by atoms with Crippen LogP contribution in [0.4, 0.5) is 5.69 Å². The summed E-state index contributed by atoms with van der Waals surface area (Å²) < 4.78 is 6.86. The van der Waals surface area contributed by atoms with E-state index in [2.05, 4.69) is 36.8 Å². The lowest BCUT2D eigenvalue weighted by atomic mass is 10.2. The van der Waals surface area contributed by atoms with E-state index in [1.54, 1.807) is 24.3 Å². The van der Waals surface area contributed by atoms with Gasteiger partial charge in [-0.05, 0) is 34.1 Å². The number of nitriles is 1. The molecule has 9 heteroatoms. The fourth-order valence-electron chi connectivity index (χ4n) is 1.47. The second kappa shape index (κ2) is 6.39. The molecule has 0 radical (unpaired) electrons. The summed E-state index contributed by atoms with van der Waals surface area (Å²) in [6.45, 7) is 0. The van der Waals surface area contributed by atoms with Gasteiger partial charge in [0.2, 0.25) is 10.9 Å². The monoisotopic (exact) mass is 431 g/mol. The number of pyridine rings is 1. The molecule has 2 rings (SSSR count). The summed E-state index contributed by atoms with van der Waals surface area (Å²) in [5.41, 5.74) is -0.633. The molecule has 0 aliphatic heterocycles. The summed E-state index contributed by atoms with van der Waals surface area (Å²) in [5, 5.41) is 19.8. The van der Waals surface area contributed by atoms with Crippen LogP contribution in [0.5, 0.6) is 11.5 Å². The number of benzene rings is 1. The van der Waals surface area contributed by atoms with E-state index in [0.29, 0.717) is 10.2 Å². The molecule has 106 valence electrons. The molecule has 1 aromatic carbocycles. The quantitative estimate of drug-likeness (QED) is 0.393. The molecule has 21 heavy (non-hydrogen) atoms. The third kappa shape index (κ3) is 3.32. The number of halogens is 3. The molecule has 0 amide bonds. The summed E-state index contributed by atoms with van der Waals surface area (Å²) in [6.07, 6.45) is 1.12. The van der Waals surface area contributed by atoms with Gasteiger partial charge in [0.15, 0.2) is 0 Å². The molecule has 0 saturated heterocycles. The van der Waals surface area contributed by atoms with Crippen LogP contribution in [0.3, 0.4) is 0 Å². The highest BCUT2D eigenvalue weighted by molar-refractivity contribution is 9.11. The average molecular weight is 433 g/mol. The second-order valence-corrected chi connectivity index (χ2v) is 5.81. The maximum atomic E-state index is 11.1. The molecule has 1 aromatic heterocycles. The van der Waals surface area contributed by atoms with Gasteiger partial charge >= 0.3 is 5.69 Å². The van der Waals surface area contributed by atoms with Gasteiger partial charge in [-0.25, -0.2) is 4.98 Å². The third-order valence-corrected chi connectivity index (χ3v) is 3.76. The predicted molar refractivity (Wildman–Crippen MR) is 82.5 cm³/mol. The number of hydrogen-bond donors (Lipinski definition) is 0. The molecule has 0 aliphatic rings. The molecule has 0 N–H and O–H groups in total. The summed E-state index contributed by atoms with van der Waals surface area (Å²) >= 11 is 12.3. The zero-order valence-corrected chi connectivity index (χ0v) is 13.9. The lowest BCUT2D eigenvalue weighted by molar-refractivity contribution is -0.385. The van der Waals surface area contributed by atoms with Gasteiger partial charge in [-0.2, -0.15) is 5.26 Å². The Morgan fingerprint density at radius 1 is 1.43 bits per heavy atom. The van der Waals surface area contributed by atoms with Crippen molar-refractivity contribution in [2.24, 2.45) is 0 Å². The van der Waals surface area contributed by atoms with Crippen molar-refractivity contribution in [3.63, 3.8) is 0 Å².